The maximum atomic E-state index is 12.0. The summed E-state index contributed by atoms with van der Waals surface area (Å²) in [6.07, 6.45) is 6.85. The van der Waals surface area contributed by atoms with Crippen LogP contribution in [0.3, 0.4) is 0 Å². The van der Waals surface area contributed by atoms with Gasteiger partial charge in [0.1, 0.15) is 0 Å². The summed E-state index contributed by atoms with van der Waals surface area (Å²) in [5, 5.41) is 13.4. The van der Waals surface area contributed by atoms with Crippen LogP contribution in [0.1, 0.15) is 64.4 Å². The summed E-state index contributed by atoms with van der Waals surface area (Å²) in [6, 6.07) is 8.02. The van der Waals surface area contributed by atoms with E-state index in [2.05, 4.69) is 24.1 Å². The van der Waals surface area contributed by atoms with Crippen molar-refractivity contribution in [3.05, 3.63) is 41.1 Å². The van der Waals surface area contributed by atoms with Crippen LogP contribution in [-0.4, -0.2) is 54.2 Å². The number of nitrogens with one attached hydrogen (secondary N) is 1. The molecule has 0 bridgehead atoms. The molecule has 31 heavy (non-hydrogen) atoms. The summed E-state index contributed by atoms with van der Waals surface area (Å²) in [5.41, 5.74) is 4.91. The first-order valence-electron chi connectivity index (χ1n) is 11.7. The normalized spacial score (nSPS) is 25.5. The van der Waals surface area contributed by atoms with Gasteiger partial charge in [0.05, 0.1) is 24.8 Å². The number of carboxylic acid groups (broad SMARTS) is 1. The molecule has 4 rings (SSSR count). The number of ether oxygens (including phenoxy) is 1. The van der Waals surface area contributed by atoms with E-state index in [-0.39, 0.29) is 6.17 Å². The molecule has 1 aliphatic heterocycles. The van der Waals surface area contributed by atoms with Crippen LogP contribution in [0.2, 0.25) is 0 Å². The van der Waals surface area contributed by atoms with Crippen LogP contribution >= 0.6 is 0 Å². The summed E-state index contributed by atoms with van der Waals surface area (Å²) in [6.45, 7) is 7.77. The monoisotopic (exact) mass is 425 g/mol. The minimum Gasteiger partial charge on any atom is -0.481 e. The van der Waals surface area contributed by atoms with Gasteiger partial charge in [0.25, 0.3) is 0 Å². The molecule has 1 heterocycles. The molecule has 0 radical (unpaired) electrons. The molecule has 0 spiro atoms. The maximum absolute atomic E-state index is 12.0. The fourth-order valence-electron chi connectivity index (χ4n) is 5.30. The largest absolute Gasteiger partial charge is 0.481 e. The average molecular weight is 426 g/mol. The number of carbonyl (C=O) groups is 1. The van der Waals surface area contributed by atoms with Gasteiger partial charge in [-0.25, -0.2) is 0 Å². The molecular weight excluding hydrogens is 390 g/mol. The van der Waals surface area contributed by atoms with E-state index >= 15 is 0 Å². The van der Waals surface area contributed by atoms with Crippen molar-refractivity contribution in [2.24, 2.45) is 4.99 Å². The van der Waals surface area contributed by atoms with Gasteiger partial charge >= 0.3 is 5.97 Å². The zero-order valence-corrected chi connectivity index (χ0v) is 18.8. The molecule has 6 heteroatoms. The zero-order chi connectivity index (χ0) is 21.8. The summed E-state index contributed by atoms with van der Waals surface area (Å²) in [7, 11) is 0. The topological polar surface area (TPSA) is 74.2 Å². The zero-order valence-electron chi connectivity index (χ0n) is 18.8. The molecule has 1 aromatic carbocycles. The Balaban J connectivity index is 1.48. The van der Waals surface area contributed by atoms with Crippen molar-refractivity contribution in [3.63, 3.8) is 0 Å². The molecule has 0 amide bonds. The van der Waals surface area contributed by atoms with Gasteiger partial charge in [-0.2, -0.15) is 0 Å². The number of benzene rings is 1. The molecule has 3 fully saturated rings. The molecule has 2 N–H and O–H groups in total. The van der Waals surface area contributed by atoms with Gasteiger partial charge in [0.15, 0.2) is 0 Å². The van der Waals surface area contributed by atoms with Crippen LogP contribution in [0, 0.1) is 0 Å². The minimum absolute atomic E-state index is 0.178. The Labute approximate surface area is 185 Å². The SMILES string of the molecule is C/C(Nc1ccc(C2(C(=O)O)CCCC2)cc1)=C1/CCCC1=NC(C)N1CCOCC1. The van der Waals surface area contributed by atoms with Gasteiger partial charge in [-0.15, -0.1) is 0 Å². The van der Waals surface area contributed by atoms with Gasteiger partial charge in [-0.1, -0.05) is 25.0 Å². The Morgan fingerprint density at radius 2 is 1.81 bits per heavy atom. The summed E-state index contributed by atoms with van der Waals surface area (Å²) >= 11 is 0. The lowest BCUT2D eigenvalue weighted by molar-refractivity contribution is -0.143. The van der Waals surface area contributed by atoms with Crippen LogP contribution in [0.25, 0.3) is 0 Å². The van der Waals surface area contributed by atoms with Crippen LogP contribution in [0.4, 0.5) is 5.69 Å². The van der Waals surface area contributed by atoms with Crippen molar-refractivity contribution >= 4 is 17.4 Å². The Kier molecular flexibility index (Phi) is 6.77. The summed E-state index contributed by atoms with van der Waals surface area (Å²) in [4.78, 5) is 19.4. The Bertz CT molecular complexity index is 847. The van der Waals surface area contributed by atoms with Crippen LogP contribution in [0.15, 0.2) is 40.5 Å². The van der Waals surface area contributed by atoms with Crippen LogP contribution < -0.4 is 5.32 Å². The van der Waals surface area contributed by atoms with Gasteiger partial charge in [-0.3, -0.25) is 14.7 Å². The molecule has 3 aliphatic rings. The molecule has 0 aromatic heterocycles. The molecule has 6 nitrogen and oxygen atoms in total. The number of nitrogens with zero attached hydrogens (tertiary/aromatic N) is 2. The molecular formula is C25H35N3O3. The molecule has 1 aromatic rings. The fraction of sp³-hybridized carbons (Fsp3) is 0.600. The lowest BCUT2D eigenvalue weighted by atomic mass is 9.79. The highest BCUT2D eigenvalue weighted by atomic mass is 16.5. The number of rotatable bonds is 6. The van der Waals surface area contributed by atoms with E-state index in [1.807, 2.05) is 24.3 Å². The lowest BCUT2D eigenvalue weighted by Crippen LogP contribution is -2.41. The highest BCUT2D eigenvalue weighted by molar-refractivity contribution is 6.03. The molecule has 2 aliphatic carbocycles. The average Bonchev–Trinajstić information content (AvgIpc) is 3.45. The molecule has 1 saturated heterocycles. The number of carboxylic acids is 1. The maximum Gasteiger partial charge on any atom is 0.314 e. The molecule has 168 valence electrons. The number of hydrogen-bond donors (Lipinski definition) is 2. The second kappa shape index (κ2) is 9.53. The predicted molar refractivity (Wildman–Crippen MR) is 124 cm³/mol. The van der Waals surface area contributed by atoms with Gasteiger partial charge in [0, 0.05) is 30.2 Å². The first-order chi connectivity index (χ1) is 15.0. The first kappa shape index (κ1) is 22.0. The van der Waals surface area contributed by atoms with E-state index in [0.717, 1.165) is 88.2 Å². The van der Waals surface area contributed by atoms with Crippen molar-refractivity contribution < 1.29 is 14.6 Å². The van der Waals surface area contributed by atoms with Crippen LogP contribution in [-0.2, 0) is 14.9 Å². The first-order valence-corrected chi connectivity index (χ1v) is 11.7. The van der Waals surface area contributed by atoms with E-state index in [4.69, 9.17) is 9.73 Å². The highest BCUT2D eigenvalue weighted by Gasteiger charge is 2.42. The lowest BCUT2D eigenvalue weighted by Gasteiger charge is -2.30. The standard InChI is InChI=1S/C25H35N3O3/c1-18(22-6-5-7-23(22)27-19(2)28-14-16-31-17-15-28)26-21-10-8-20(9-11-21)25(24(29)30)12-3-4-13-25/h8-11,19,26H,3-7,12-17H2,1-2H3,(H,29,30)/b22-18+,27-23?. The van der Waals surface area contributed by atoms with Crippen LogP contribution in [0.5, 0.6) is 0 Å². The van der Waals surface area contributed by atoms with Crippen molar-refractivity contribution in [3.8, 4) is 0 Å². The van der Waals surface area contributed by atoms with E-state index in [1.54, 1.807) is 0 Å². The summed E-state index contributed by atoms with van der Waals surface area (Å²) in [5.74, 6) is -0.690. The van der Waals surface area contributed by atoms with E-state index < -0.39 is 11.4 Å². The van der Waals surface area contributed by atoms with Gasteiger partial charge in [-0.05, 0) is 69.2 Å². The van der Waals surface area contributed by atoms with E-state index in [1.165, 1.54) is 11.3 Å². The molecule has 1 atom stereocenters. The molecule has 1 unspecified atom stereocenters. The third-order valence-corrected chi connectivity index (χ3v) is 7.19. The van der Waals surface area contributed by atoms with E-state index in [9.17, 15) is 9.90 Å². The smallest absolute Gasteiger partial charge is 0.314 e. The fourth-order valence-corrected chi connectivity index (χ4v) is 5.30. The van der Waals surface area contributed by atoms with Crippen molar-refractivity contribution in [1.29, 1.82) is 0 Å². The van der Waals surface area contributed by atoms with Crippen molar-refractivity contribution in [2.45, 2.75) is 70.4 Å². The van der Waals surface area contributed by atoms with Gasteiger partial charge in [0.2, 0.25) is 0 Å². The molecule has 2 saturated carbocycles. The number of aliphatic carboxylic acids is 1. The Morgan fingerprint density at radius 3 is 2.45 bits per heavy atom. The Hall–Kier alpha value is -2.18. The minimum atomic E-state index is -0.701. The number of aliphatic imine (C=N–C) groups is 1. The van der Waals surface area contributed by atoms with E-state index in [0.29, 0.717) is 0 Å². The number of morpholine rings is 1. The number of hydrogen-bond acceptors (Lipinski definition) is 5. The quantitative estimate of drug-likeness (QED) is 0.698. The third kappa shape index (κ3) is 4.70. The van der Waals surface area contributed by atoms with Crippen molar-refractivity contribution in [1.82, 2.24) is 4.90 Å². The highest BCUT2D eigenvalue weighted by Crippen LogP contribution is 2.41. The summed E-state index contributed by atoms with van der Waals surface area (Å²) < 4.78 is 5.46. The third-order valence-electron chi connectivity index (χ3n) is 7.19. The Morgan fingerprint density at radius 1 is 1.13 bits per heavy atom. The second-order valence-electron chi connectivity index (χ2n) is 9.11. The number of allylic oxidation sites excluding steroid dienone is 2. The number of anilines is 1. The van der Waals surface area contributed by atoms with Gasteiger partial charge < -0.3 is 15.2 Å². The van der Waals surface area contributed by atoms with Crippen molar-refractivity contribution in [2.75, 3.05) is 31.6 Å². The second-order valence-corrected chi connectivity index (χ2v) is 9.11. The predicted octanol–water partition coefficient (Wildman–Crippen LogP) is 4.57.